The van der Waals surface area contributed by atoms with Gasteiger partial charge in [-0.1, -0.05) is 12.1 Å². The zero-order chi connectivity index (χ0) is 28.1. The number of Topliss-reactive ketones (excluding diaryl/α,β-unsaturated/α-hetero) is 1. The minimum absolute atomic E-state index is 0.0308. The molecule has 1 saturated heterocycles. The molecule has 4 rings (SSSR count). The minimum Gasteiger partial charge on any atom is -0.507 e. The van der Waals surface area contributed by atoms with Crippen LogP contribution in [0.2, 0.25) is 0 Å². The van der Waals surface area contributed by atoms with Gasteiger partial charge in [0.15, 0.2) is 0 Å². The highest BCUT2D eigenvalue weighted by molar-refractivity contribution is 6.51. The van der Waals surface area contributed by atoms with Crippen LogP contribution in [0.1, 0.15) is 50.4 Å². The molecule has 0 bridgehead atoms. The molecule has 1 aliphatic heterocycles. The highest BCUT2D eigenvalue weighted by atomic mass is 16.5. The lowest BCUT2D eigenvalue weighted by atomic mass is 9.94. The van der Waals surface area contributed by atoms with Crippen LogP contribution in [-0.2, 0) is 9.59 Å². The van der Waals surface area contributed by atoms with Crippen molar-refractivity contribution in [2.24, 2.45) is 0 Å². The lowest BCUT2D eigenvalue weighted by Crippen LogP contribution is -2.29. The van der Waals surface area contributed by atoms with Gasteiger partial charge >= 0.3 is 0 Å². The quantitative estimate of drug-likeness (QED) is 0.214. The summed E-state index contributed by atoms with van der Waals surface area (Å²) in [5, 5.41) is 20.8. The molecule has 8 nitrogen and oxygen atoms in total. The fourth-order valence-corrected chi connectivity index (χ4v) is 4.49. The Kier molecular flexibility index (Phi) is 8.21. The third kappa shape index (κ3) is 5.58. The van der Waals surface area contributed by atoms with Crippen LogP contribution in [0.25, 0.3) is 5.76 Å². The molecule has 1 unspecified atom stereocenters. The molecule has 0 spiro atoms. The number of ether oxygens (including phenoxy) is 3. The summed E-state index contributed by atoms with van der Waals surface area (Å²) in [6.45, 7) is 8.26. The van der Waals surface area contributed by atoms with E-state index in [4.69, 9.17) is 14.2 Å². The molecule has 0 aromatic heterocycles. The number of nitrogens with zero attached hydrogens (tertiary/aromatic N) is 2. The fraction of sp³-hybridized carbons (Fsp3) is 0.258. The number of aliphatic hydroxyl groups excluding tert-OH is 1. The predicted octanol–water partition coefficient (Wildman–Crippen LogP) is 5.77. The van der Waals surface area contributed by atoms with Crippen LogP contribution < -0.4 is 19.1 Å². The van der Waals surface area contributed by atoms with Crippen LogP contribution in [0.4, 0.5) is 5.69 Å². The van der Waals surface area contributed by atoms with Crippen LogP contribution in [0.5, 0.6) is 17.2 Å². The topological polar surface area (TPSA) is 109 Å². The fourth-order valence-electron chi connectivity index (χ4n) is 4.49. The van der Waals surface area contributed by atoms with Crippen molar-refractivity contribution in [3.63, 3.8) is 0 Å². The Morgan fingerprint density at radius 2 is 1.59 bits per heavy atom. The molecule has 3 aromatic rings. The molecule has 1 fully saturated rings. The second-order valence-electron chi connectivity index (χ2n) is 9.09. The molecule has 200 valence electrons. The van der Waals surface area contributed by atoms with Crippen molar-refractivity contribution in [2.45, 2.75) is 39.8 Å². The van der Waals surface area contributed by atoms with Gasteiger partial charge in [0.1, 0.15) is 23.0 Å². The summed E-state index contributed by atoms with van der Waals surface area (Å²) in [4.78, 5) is 28.3. The molecule has 8 heteroatoms. The van der Waals surface area contributed by atoms with Crippen molar-refractivity contribution >= 4 is 23.1 Å². The number of nitriles is 1. The Balaban J connectivity index is 1.91. The smallest absolute Gasteiger partial charge is 0.300 e. The Morgan fingerprint density at radius 3 is 2.18 bits per heavy atom. The van der Waals surface area contributed by atoms with Crippen molar-refractivity contribution in [3.8, 4) is 23.3 Å². The van der Waals surface area contributed by atoms with Crippen molar-refractivity contribution < 1.29 is 28.9 Å². The van der Waals surface area contributed by atoms with Gasteiger partial charge in [-0.3, -0.25) is 14.5 Å². The zero-order valence-corrected chi connectivity index (χ0v) is 22.3. The molecule has 0 radical (unpaired) electrons. The number of rotatable bonds is 9. The van der Waals surface area contributed by atoms with Gasteiger partial charge < -0.3 is 19.3 Å². The maximum absolute atomic E-state index is 13.5. The average molecular weight is 527 g/mol. The first-order valence-corrected chi connectivity index (χ1v) is 12.8. The van der Waals surface area contributed by atoms with Gasteiger partial charge in [-0.05, 0) is 81.8 Å². The highest BCUT2D eigenvalue weighted by Gasteiger charge is 2.47. The number of carbonyl (C=O) groups is 2. The second-order valence-corrected chi connectivity index (χ2v) is 9.09. The van der Waals surface area contributed by atoms with E-state index in [0.29, 0.717) is 47.3 Å². The average Bonchev–Trinajstić information content (AvgIpc) is 3.19. The largest absolute Gasteiger partial charge is 0.507 e. The van der Waals surface area contributed by atoms with Crippen molar-refractivity contribution in [1.29, 1.82) is 5.26 Å². The summed E-state index contributed by atoms with van der Waals surface area (Å²) in [7, 11) is 0. The number of benzene rings is 3. The first-order chi connectivity index (χ1) is 18.8. The van der Waals surface area contributed by atoms with E-state index >= 15 is 0 Å². The Morgan fingerprint density at radius 1 is 0.949 bits per heavy atom. The number of carbonyl (C=O) groups excluding carboxylic acids is 2. The minimum atomic E-state index is -0.938. The summed E-state index contributed by atoms with van der Waals surface area (Å²) in [6, 6.07) is 19.4. The lowest BCUT2D eigenvalue weighted by molar-refractivity contribution is -0.132. The van der Waals surface area contributed by atoms with Crippen LogP contribution in [0, 0.1) is 11.3 Å². The van der Waals surface area contributed by atoms with Crippen molar-refractivity contribution in [2.75, 3.05) is 18.1 Å². The zero-order valence-electron chi connectivity index (χ0n) is 22.3. The normalized spacial score (nSPS) is 16.3. The first kappa shape index (κ1) is 27.3. The van der Waals surface area contributed by atoms with Crippen LogP contribution >= 0.6 is 0 Å². The molecular weight excluding hydrogens is 496 g/mol. The van der Waals surface area contributed by atoms with Gasteiger partial charge in [-0.2, -0.15) is 5.26 Å². The number of anilines is 1. The summed E-state index contributed by atoms with van der Waals surface area (Å²) in [6.07, 6.45) is -0.0308. The van der Waals surface area contributed by atoms with E-state index in [2.05, 4.69) is 6.07 Å². The van der Waals surface area contributed by atoms with E-state index in [1.807, 2.05) is 27.7 Å². The number of hydrogen-bond donors (Lipinski definition) is 1. The molecule has 39 heavy (non-hydrogen) atoms. The molecule has 1 heterocycles. The molecule has 1 N–H and O–H groups in total. The van der Waals surface area contributed by atoms with Gasteiger partial charge in [0.2, 0.25) is 0 Å². The SMILES string of the molecule is CCOc1ccc(/C(O)=C2/C(=O)C(=O)N(c3ccc(C#N)cc3)C2c2ccc(OC(C)C)cc2)c(OCC)c1. The lowest BCUT2D eigenvalue weighted by Gasteiger charge is -2.26. The Bertz CT molecular complexity index is 1440. The highest BCUT2D eigenvalue weighted by Crippen LogP contribution is 2.44. The van der Waals surface area contributed by atoms with Crippen molar-refractivity contribution in [1.82, 2.24) is 0 Å². The summed E-state index contributed by atoms with van der Waals surface area (Å²) >= 11 is 0. The maximum Gasteiger partial charge on any atom is 0.300 e. The standard InChI is InChI=1S/C31H30N2O6/c1-5-37-24-15-16-25(26(17-24)38-6-2)29(34)27-28(21-9-13-23(14-10-21)39-19(3)4)33(31(36)30(27)35)22-11-7-20(18-32)8-12-22/h7-17,19,28,34H,5-6H2,1-4H3/b29-27-. The van der Waals surface area contributed by atoms with Gasteiger partial charge in [-0.15, -0.1) is 0 Å². The molecule has 3 aromatic carbocycles. The van der Waals surface area contributed by atoms with E-state index in [-0.39, 0.29) is 23.0 Å². The van der Waals surface area contributed by atoms with Crippen LogP contribution in [0.15, 0.2) is 72.3 Å². The number of hydrogen-bond acceptors (Lipinski definition) is 7. The van der Waals surface area contributed by atoms with E-state index in [1.54, 1.807) is 66.7 Å². The third-order valence-corrected chi connectivity index (χ3v) is 6.11. The molecule has 1 atom stereocenters. The molecule has 0 aliphatic carbocycles. The summed E-state index contributed by atoms with van der Waals surface area (Å²) < 4.78 is 17.1. The Labute approximate surface area is 227 Å². The van der Waals surface area contributed by atoms with Crippen molar-refractivity contribution in [3.05, 3.63) is 89.0 Å². The predicted molar refractivity (Wildman–Crippen MR) is 147 cm³/mol. The van der Waals surface area contributed by atoms with E-state index in [1.165, 1.54) is 4.90 Å². The number of aliphatic hydroxyl groups is 1. The summed E-state index contributed by atoms with van der Waals surface area (Å²) in [5.41, 5.74) is 1.62. The van der Waals surface area contributed by atoms with Gasteiger partial charge in [0.25, 0.3) is 11.7 Å². The number of amides is 1. The van der Waals surface area contributed by atoms with E-state index < -0.39 is 17.7 Å². The second kappa shape index (κ2) is 11.7. The molecular formula is C31H30N2O6. The summed E-state index contributed by atoms with van der Waals surface area (Å²) in [5.74, 6) is -0.478. The maximum atomic E-state index is 13.5. The third-order valence-electron chi connectivity index (χ3n) is 6.11. The monoisotopic (exact) mass is 526 g/mol. The van der Waals surface area contributed by atoms with E-state index in [0.717, 1.165) is 0 Å². The molecule has 1 aliphatic rings. The number of ketones is 1. The van der Waals surface area contributed by atoms with E-state index in [9.17, 15) is 20.0 Å². The first-order valence-electron chi connectivity index (χ1n) is 12.8. The van der Waals surface area contributed by atoms with Gasteiger partial charge in [0.05, 0.1) is 48.1 Å². The van der Waals surface area contributed by atoms with Gasteiger partial charge in [0, 0.05) is 11.8 Å². The van der Waals surface area contributed by atoms with Crippen LogP contribution in [-0.4, -0.2) is 36.1 Å². The van der Waals surface area contributed by atoms with Crippen LogP contribution in [0.3, 0.4) is 0 Å². The van der Waals surface area contributed by atoms with Gasteiger partial charge in [-0.25, -0.2) is 0 Å². The molecule has 1 amide bonds. The Hall–Kier alpha value is -4.77. The molecule has 0 saturated carbocycles.